The van der Waals surface area contributed by atoms with Crippen LogP contribution in [-0.2, 0) is 16.1 Å². The molecule has 1 aromatic heterocycles. The predicted molar refractivity (Wildman–Crippen MR) is 99.4 cm³/mol. The Hall–Kier alpha value is -2.11. The number of ether oxygens (including phenoxy) is 1. The highest BCUT2D eigenvalue weighted by Gasteiger charge is 2.35. The van der Waals surface area contributed by atoms with E-state index in [1.807, 2.05) is 32.3 Å². The molecular formula is C20H30N2O4. The first-order valence-electron chi connectivity index (χ1n) is 9.32. The summed E-state index contributed by atoms with van der Waals surface area (Å²) in [4.78, 5) is 39.5. The van der Waals surface area contributed by atoms with E-state index in [1.165, 1.54) is 7.11 Å². The summed E-state index contributed by atoms with van der Waals surface area (Å²) in [6.07, 6.45) is 1.83. The summed E-state index contributed by atoms with van der Waals surface area (Å²) >= 11 is 0. The van der Waals surface area contributed by atoms with Crippen LogP contribution >= 0.6 is 0 Å². The van der Waals surface area contributed by atoms with Crippen LogP contribution in [0.1, 0.15) is 65.7 Å². The molecule has 26 heavy (non-hydrogen) atoms. The zero-order valence-electron chi connectivity index (χ0n) is 16.7. The molecule has 0 unspecified atom stereocenters. The Morgan fingerprint density at radius 2 is 1.85 bits per heavy atom. The van der Waals surface area contributed by atoms with Gasteiger partial charge in [0.05, 0.1) is 13.7 Å². The third-order valence-electron chi connectivity index (χ3n) is 4.90. The number of ketones is 1. The Bertz CT molecular complexity index is 714. The Morgan fingerprint density at radius 3 is 2.31 bits per heavy atom. The second kappa shape index (κ2) is 8.06. The van der Waals surface area contributed by atoms with Gasteiger partial charge in [0.15, 0.2) is 5.78 Å². The molecule has 0 aliphatic heterocycles. The molecule has 2 rings (SSSR count). The van der Waals surface area contributed by atoms with Gasteiger partial charge in [-0.2, -0.15) is 0 Å². The maximum atomic E-state index is 13.1. The van der Waals surface area contributed by atoms with E-state index in [0.717, 1.165) is 18.5 Å². The van der Waals surface area contributed by atoms with Gasteiger partial charge in [0.2, 0.25) is 5.91 Å². The quantitative estimate of drug-likeness (QED) is 0.527. The van der Waals surface area contributed by atoms with Crippen LogP contribution in [0.3, 0.4) is 0 Å². The number of Topliss-reactive ketones (excluding diaryl/α,β-unsaturated/α-hetero) is 1. The molecule has 1 aromatic rings. The van der Waals surface area contributed by atoms with Crippen molar-refractivity contribution in [2.45, 2.75) is 54.0 Å². The van der Waals surface area contributed by atoms with Crippen molar-refractivity contribution in [3.05, 3.63) is 22.5 Å². The number of carbonyl (C=O) groups excluding carboxylic acids is 3. The first kappa shape index (κ1) is 20.2. The zero-order valence-corrected chi connectivity index (χ0v) is 16.7. The standard InChI is InChI=1S/C20H30N2O4/c1-7-22-14(5)17(13(4)18(22)20(25)26-6)16(23)11-21(10-12(2)3)19(24)15-8-9-15/h12,15H,7-11H2,1-6H3. The van der Waals surface area contributed by atoms with Crippen molar-refractivity contribution in [2.24, 2.45) is 11.8 Å². The maximum Gasteiger partial charge on any atom is 0.354 e. The van der Waals surface area contributed by atoms with Crippen LogP contribution in [0.5, 0.6) is 0 Å². The lowest BCUT2D eigenvalue weighted by atomic mass is 10.0. The fourth-order valence-corrected chi connectivity index (χ4v) is 3.58. The summed E-state index contributed by atoms with van der Waals surface area (Å²) in [5.41, 5.74) is 2.33. The van der Waals surface area contributed by atoms with Crippen molar-refractivity contribution >= 4 is 17.7 Å². The number of rotatable bonds is 8. The molecule has 0 saturated heterocycles. The number of carbonyl (C=O) groups is 3. The highest BCUT2D eigenvalue weighted by atomic mass is 16.5. The van der Waals surface area contributed by atoms with E-state index in [0.29, 0.717) is 35.8 Å². The Morgan fingerprint density at radius 1 is 1.23 bits per heavy atom. The molecule has 1 amide bonds. The van der Waals surface area contributed by atoms with Crippen molar-refractivity contribution in [1.29, 1.82) is 0 Å². The van der Waals surface area contributed by atoms with E-state index in [1.54, 1.807) is 11.8 Å². The van der Waals surface area contributed by atoms with E-state index in [2.05, 4.69) is 0 Å². The largest absolute Gasteiger partial charge is 0.464 e. The second-order valence-electron chi connectivity index (χ2n) is 7.48. The summed E-state index contributed by atoms with van der Waals surface area (Å²) in [7, 11) is 1.34. The van der Waals surface area contributed by atoms with Crippen LogP contribution in [0.15, 0.2) is 0 Å². The van der Waals surface area contributed by atoms with E-state index >= 15 is 0 Å². The topological polar surface area (TPSA) is 68.6 Å². The Labute approximate surface area is 155 Å². The van der Waals surface area contributed by atoms with E-state index in [9.17, 15) is 14.4 Å². The molecule has 0 N–H and O–H groups in total. The van der Waals surface area contributed by atoms with Gasteiger partial charge in [-0.3, -0.25) is 9.59 Å². The molecule has 1 heterocycles. The Balaban J connectivity index is 2.34. The fourth-order valence-electron chi connectivity index (χ4n) is 3.58. The molecular weight excluding hydrogens is 332 g/mol. The van der Waals surface area contributed by atoms with Gasteiger partial charge in [-0.25, -0.2) is 4.79 Å². The van der Waals surface area contributed by atoms with Gasteiger partial charge in [0, 0.05) is 30.3 Å². The lowest BCUT2D eigenvalue weighted by Gasteiger charge is -2.24. The van der Waals surface area contributed by atoms with Gasteiger partial charge in [-0.15, -0.1) is 0 Å². The molecule has 144 valence electrons. The number of methoxy groups -OCH3 is 1. The number of esters is 1. The molecule has 0 spiro atoms. The fraction of sp³-hybridized carbons (Fsp3) is 0.650. The average Bonchev–Trinajstić information content (AvgIpc) is 3.38. The molecule has 1 fully saturated rings. The summed E-state index contributed by atoms with van der Waals surface area (Å²) in [5, 5.41) is 0. The van der Waals surface area contributed by atoms with Crippen LogP contribution in [0.2, 0.25) is 0 Å². The highest BCUT2D eigenvalue weighted by molar-refractivity contribution is 6.04. The summed E-state index contributed by atoms with van der Waals surface area (Å²) in [6, 6.07) is 0. The van der Waals surface area contributed by atoms with E-state index < -0.39 is 5.97 Å². The van der Waals surface area contributed by atoms with Gasteiger partial charge in [0.1, 0.15) is 5.69 Å². The van der Waals surface area contributed by atoms with E-state index in [4.69, 9.17) is 4.74 Å². The zero-order chi connectivity index (χ0) is 19.6. The maximum absolute atomic E-state index is 13.1. The molecule has 6 nitrogen and oxygen atoms in total. The van der Waals surface area contributed by atoms with Gasteiger partial charge in [-0.05, 0) is 45.1 Å². The minimum atomic E-state index is -0.445. The second-order valence-corrected chi connectivity index (χ2v) is 7.48. The monoisotopic (exact) mass is 362 g/mol. The molecule has 6 heteroatoms. The van der Waals surface area contributed by atoms with Crippen molar-refractivity contribution < 1.29 is 19.1 Å². The van der Waals surface area contributed by atoms with Gasteiger partial charge >= 0.3 is 5.97 Å². The third-order valence-corrected chi connectivity index (χ3v) is 4.90. The van der Waals surface area contributed by atoms with Crippen LogP contribution in [0.25, 0.3) is 0 Å². The first-order chi connectivity index (χ1) is 12.2. The van der Waals surface area contributed by atoms with Gasteiger partial charge < -0.3 is 14.2 Å². The molecule has 1 aliphatic carbocycles. The van der Waals surface area contributed by atoms with Crippen molar-refractivity contribution in [3.8, 4) is 0 Å². The summed E-state index contributed by atoms with van der Waals surface area (Å²) < 4.78 is 6.69. The molecule has 1 aliphatic rings. The number of amides is 1. The highest BCUT2D eigenvalue weighted by Crippen LogP contribution is 2.31. The van der Waals surface area contributed by atoms with Gasteiger partial charge in [-0.1, -0.05) is 13.8 Å². The number of hydrogen-bond donors (Lipinski definition) is 0. The van der Waals surface area contributed by atoms with Crippen LogP contribution in [0, 0.1) is 25.7 Å². The number of nitrogens with zero attached hydrogens (tertiary/aromatic N) is 2. The molecule has 0 radical (unpaired) electrons. The minimum absolute atomic E-state index is 0.0591. The van der Waals surface area contributed by atoms with Crippen LogP contribution < -0.4 is 0 Å². The molecule has 0 atom stereocenters. The van der Waals surface area contributed by atoms with Crippen molar-refractivity contribution in [3.63, 3.8) is 0 Å². The number of aromatic nitrogens is 1. The van der Waals surface area contributed by atoms with Crippen molar-refractivity contribution in [2.75, 3.05) is 20.2 Å². The van der Waals surface area contributed by atoms with Crippen LogP contribution in [0.4, 0.5) is 0 Å². The van der Waals surface area contributed by atoms with Crippen molar-refractivity contribution in [1.82, 2.24) is 9.47 Å². The molecule has 1 saturated carbocycles. The lowest BCUT2D eigenvalue weighted by Crippen LogP contribution is -2.39. The molecule has 0 bridgehead atoms. The predicted octanol–water partition coefficient (Wildman–Crippen LogP) is 2.99. The third kappa shape index (κ3) is 4.00. The summed E-state index contributed by atoms with van der Waals surface area (Å²) in [5.74, 6) is -0.120. The number of hydrogen-bond acceptors (Lipinski definition) is 4. The summed E-state index contributed by atoms with van der Waals surface area (Å²) in [6.45, 7) is 10.8. The van der Waals surface area contributed by atoms with Crippen LogP contribution in [-0.4, -0.2) is 47.3 Å². The first-order valence-corrected chi connectivity index (χ1v) is 9.32. The van der Waals surface area contributed by atoms with E-state index in [-0.39, 0.29) is 24.2 Å². The Kier molecular flexibility index (Phi) is 6.26. The smallest absolute Gasteiger partial charge is 0.354 e. The normalized spacial score (nSPS) is 13.8. The van der Waals surface area contributed by atoms with Gasteiger partial charge in [0.25, 0.3) is 0 Å². The molecule has 0 aromatic carbocycles. The average molecular weight is 362 g/mol. The SMILES string of the molecule is CCn1c(C)c(C(=O)CN(CC(C)C)C(=O)C2CC2)c(C)c1C(=O)OC. The lowest BCUT2D eigenvalue weighted by molar-refractivity contribution is -0.132. The minimum Gasteiger partial charge on any atom is -0.464 e.